The normalized spacial score (nSPS) is 15.1. The second-order valence-corrected chi connectivity index (χ2v) is 10.3. The number of benzene rings is 3. The van der Waals surface area contributed by atoms with Crippen LogP contribution >= 0.6 is 69.6 Å². The molecule has 1 aliphatic rings. The van der Waals surface area contributed by atoms with Crippen LogP contribution in [-0.2, 0) is 17.9 Å². The zero-order chi connectivity index (χ0) is 24.2. The molecule has 3 nitrogen and oxygen atoms in total. The van der Waals surface area contributed by atoms with E-state index in [0.717, 1.165) is 11.1 Å². The van der Waals surface area contributed by atoms with Crippen molar-refractivity contribution >= 4 is 69.6 Å². The Bertz CT molecular complexity index is 1150. The van der Waals surface area contributed by atoms with Crippen molar-refractivity contribution in [3.05, 3.63) is 115 Å². The van der Waals surface area contributed by atoms with Crippen LogP contribution in [0.15, 0.2) is 73.1 Å². The Morgan fingerprint density at radius 1 is 0.794 bits per heavy atom. The molecule has 0 radical (unpaired) electrons. The maximum Gasteiger partial charge on any atom is 0.135 e. The molecule has 0 amide bonds. The molecule has 0 saturated carbocycles. The van der Waals surface area contributed by atoms with E-state index in [2.05, 4.69) is 4.90 Å². The SMILES string of the molecule is Clc1ccc(C(OCc2c(Cl)cccc2Cl)C(Cl)N2C=CN(Cc3ccc(Cl)cc3Cl)C2)cc1. The minimum Gasteiger partial charge on any atom is -0.365 e. The van der Waals surface area contributed by atoms with Gasteiger partial charge in [0.05, 0.1) is 13.3 Å². The third-order valence-electron chi connectivity index (χ3n) is 5.44. The monoisotopic (exact) mass is 574 g/mol. The maximum atomic E-state index is 6.97. The Morgan fingerprint density at radius 3 is 2.15 bits per heavy atom. The van der Waals surface area contributed by atoms with Crippen molar-refractivity contribution in [1.82, 2.24) is 9.80 Å². The van der Waals surface area contributed by atoms with Crippen molar-refractivity contribution < 1.29 is 4.74 Å². The van der Waals surface area contributed by atoms with Gasteiger partial charge in [-0.2, -0.15) is 0 Å². The zero-order valence-electron chi connectivity index (χ0n) is 17.8. The van der Waals surface area contributed by atoms with Crippen LogP contribution < -0.4 is 0 Å². The summed E-state index contributed by atoms with van der Waals surface area (Å²) in [6, 6.07) is 18.3. The number of hydrogen-bond donors (Lipinski definition) is 0. The maximum absolute atomic E-state index is 6.97. The third kappa shape index (κ3) is 6.27. The fraction of sp³-hybridized carbons (Fsp3) is 0.200. The molecule has 9 heteroatoms. The highest BCUT2D eigenvalue weighted by molar-refractivity contribution is 6.36. The Hall–Kier alpha value is -1.30. The molecule has 1 aliphatic heterocycles. The van der Waals surface area contributed by atoms with Crippen LogP contribution in [0.25, 0.3) is 0 Å². The van der Waals surface area contributed by atoms with Crippen molar-refractivity contribution in [3.8, 4) is 0 Å². The summed E-state index contributed by atoms with van der Waals surface area (Å²) < 4.78 is 6.30. The lowest BCUT2D eigenvalue weighted by Crippen LogP contribution is -2.35. The molecule has 0 N–H and O–H groups in total. The van der Waals surface area contributed by atoms with Crippen LogP contribution in [0.1, 0.15) is 22.8 Å². The Labute approximate surface area is 229 Å². The van der Waals surface area contributed by atoms with Gasteiger partial charge in [-0.15, -0.1) is 0 Å². The molecule has 4 rings (SSSR count). The Morgan fingerprint density at radius 2 is 1.47 bits per heavy atom. The topological polar surface area (TPSA) is 15.7 Å². The van der Waals surface area contributed by atoms with Crippen molar-refractivity contribution in [3.63, 3.8) is 0 Å². The van der Waals surface area contributed by atoms with Crippen molar-refractivity contribution in [1.29, 1.82) is 0 Å². The minimum absolute atomic E-state index is 0.205. The quantitative estimate of drug-likeness (QED) is 0.196. The van der Waals surface area contributed by atoms with E-state index < -0.39 is 11.6 Å². The summed E-state index contributed by atoms with van der Waals surface area (Å²) in [5, 5.41) is 2.95. The molecule has 3 aromatic carbocycles. The molecule has 0 saturated heterocycles. The molecule has 0 bridgehead atoms. The molecule has 1 heterocycles. The number of alkyl halides is 1. The van der Waals surface area contributed by atoms with Gasteiger partial charge in [-0.05, 0) is 47.5 Å². The van der Waals surface area contributed by atoms with Crippen LogP contribution in [0.5, 0.6) is 0 Å². The average molecular weight is 577 g/mol. The first-order valence-electron chi connectivity index (χ1n) is 10.4. The van der Waals surface area contributed by atoms with Crippen LogP contribution in [0.4, 0.5) is 0 Å². The van der Waals surface area contributed by atoms with Crippen LogP contribution in [-0.4, -0.2) is 22.0 Å². The van der Waals surface area contributed by atoms with Gasteiger partial charge in [0, 0.05) is 49.6 Å². The van der Waals surface area contributed by atoms with Gasteiger partial charge in [-0.25, -0.2) is 0 Å². The van der Waals surface area contributed by atoms with E-state index in [1.54, 1.807) is 24.3 Å². The highest BCUT2D eigenvalue weighted by Gasteiger charge is 2.30. The lowest BCUT2D eigenvalue weighted by atomic mass is 10.1. The number of hydrogen-bond acceptors (Lipinski definition) is 3. The fourth-order valence-corrected chi connectivity index (χ4v) is 5.07. The number of nitrogens with zero attached hydrogens (tertiary/aromatic N) is 2. The summed E-state index contributed by atoms with van der Waals surface area (Å²) in [6.45, 7) is 1.39. The summed E-state index contributed by atoms with van der Waals surface area (Å²) in [5.74, 6) is 0. The van der Waals surface area contributed by atoms with Crippen LogP contribution in [0, 0.1) is 0 Å². The van der Waals surface area contributed by atoms with E-state index in [4.69, 9.17) is 74.3 Å². The molecule has 2 unspecified atom stereocenters. The van der Waals surface area contributed by atoms with Crippen LogP contribution in [0.2, 0.25) is 25.1 Å². The van der Waals surface area contributed by atoms with Crippen molar-refractivity contribution in [2.45, 2.75) is 24.8 Å². The molecular weight excluding hydrogens is 557 g/mol. The third-order valence-corrected chi connectivity index (χ3v) is 7.46. The van der Waals surface area contributed by atoms with Crippen LogP contribution in [0.3, 0.4) is 0 Å². The standard InChI is InChI=1S/C25H20Cl6N2O/c26-18-7-4-16(5-8-18)24(34-14-20-21(28)2-1-3-22(20)29)25(31)33-11-10-32(15-33)13-17-6-9-19(27)12-23(17)30/h1-12,24-25H,13-15H2. The van der Waals surface area contributed by atoms with Gasteiger partial charge in [-0.1, -0.05) is 93.9 Å². The molecular formula is C25H20Cl6N2O. The van der Waals surface area contributed by atoms with Gasteiger partial charge < -0.3 is 14.5 Å². The predicted molar refractivity (Wildman–Crippen MR) is 143 cm³/mol. The van der Waals surface area contributed by atoms with E-state index in [1.807, 2.05) is 53.7 Å². The van der Waals surface area contributed by atoms with Crippen molar-refractivity contribution in [2.75, 3.05) is 6.67 Å². The van der Waals surface area contributed by atoms with Gasteiger partial charge in [0.2, 0.25) is 0 Å². The summed E-state index contributed by atoms with van der Waals surface area (Å²) >= 11 is 38.1. The molecule has 0 spiro atoms. The van der Waals surface area contributed by atoms with E-state index in [0.29, 0.717) is 43.9 Å². The van der Waals surface area contributed by atoms with E-state index in [1.165, 1.54) is 0 Å². The summed E-state index contributed by atoms with van der Waals surface area (Å²) in [5.41, 5.74) is 2.07. The molecule has 34 heavy (non-hydrogen) atoms. The van der Waals surface area contributed by atoms with E-state index in [-0.39, 0.29) is 6.61 Å². The first kappa shape index (κ1) is 25.8. The lowest BCUT2D eigenvalue weighted by Gasteiger charge is -2.32. The first-order valence-corrected chi connectivity index (χ1v) is 12.7. The second kappa shape index (κ2) is 11.6. The van der Waals surface area contributed by atoms with Gasteiger partial charge in [0.25, 0.3) is 0 Å². The fourth-order valence-electron chi connectivity index (χ4n) is 3.62. The number of halogens is 6. The molecule has 0 aliphatic carbocycles. The molecule has 3 aromatic rings. The van der Waals surface area contributed by atoms with E-state index >= 15 is 0 Å². The molecule has 178 valence electrons. The Balaban J connectivity index is 1.49. The van der Waals surface area contributed by atoms with Gasteiger partial charge in [0.15, 0.2) is 0 Å². The summed E-state index contributed by atoms with van der Waals surface area (Å²) in [4.78, 5) is 4.10. The van der Waals surface area contributed by atoms with Crippen molar-refractivity contribution in [2.24, 2.45) is 0 Å². The predicted octanol–water partition coefficient (Wildman–Crippen LogP) is 9.02. The first-order chi connectivity index (χ1) is 16.3. The van der Waals surface area contributed by atoms with E-state index in [9.17, 15) is 0 Å². The zero-order valence-corrected chi connectivity index (χ0v) is 22.3. The minimum atomic E-state index is -0.510. The summed E-state index contributed by atoms with van der Waals surface area (Å²) in [7, 11) is 0. The summed E-state index contributed by atoms with van der Waals surface area (Å²) in [6.07, 6.45) is 3.44. The second-order valence-electron chi connectivity index (χ2n) is 7.79. The highest BCUT2D eigenvalue weighted by Crippen LogP contribution is 2.34. The average Bonchev–Trinajstić information content (AvgIpc) is 3.27. The number of ether oxygens (including phenoxy) is 1. The largest absolute Gasteiger partial charge is 0.365 e. The number of rotatable bonds is 8. The van der Waals surface area contributed by atoms with Gasteiger partial charge >= 0.3 is 0 Å². The Kier molecular flexibility index (Phi) is 8.81. The lowest BCUT2D eigenvalue weighted by molar-refractivity contribution is 0.00661. The molecule has 0 fully saturated rings. The highest BCUT2D eigenvalue weighted by atomic mass is 35.5. The van der Waals surface area contributed by atoms with Gasteiger partial charge in [-0.3, -0.25) is 0 Å². The molecule has 2 atom stereocenters. The van der Waals surface area contributed by atoms with Gasteiger partial charge in [0.1, 0.15) is 11.6 Å². The smallest absolute Gasteiger partial charge is 0.135 e. The molecule has 0 aromatic heterocycles.